The zero-order valence-electron chi connectivity index (χ0n) is 13.2. The average molecular weight is 303 g/mol. The maximum Gasteiger partial charge on any atom is 0.263 e. The predicted octanol–water partition coefficient (Wildman–Crippen LogP) is 1.71. The molecule has 0 spiro atoms. The Morgan fingerprint density at radius 2 is 1.86 bits per heavy atom. The Morgan fingerprint density at radius 3 is 2.36 bits per heavy atom. The quantitative estimate of drug-likeness (QED) is 0.445. The van der Waals surface area contributed by atoms with Crippen LogP contribution in [0.1, 0.15) is 38.5 Å². The molecule has 0 aromatic rings. The normalized spacial score (nSPS) is 36.0. The van der Waals surface area contributed by atoms with Crippen molar-refractivity contribution in [3.05, 3.63) is 11.8 Å². The first-order valence-corrected chi connectivity index (χ1v) is 8.29. The van der Waals surface area contributed by atoms with Crippen molar-refractivity contribution in [3.63, 3.8) is 0 Å². The fourth-order valence-electron chi connectivity index (χ4n) is 5.02. The third-order valence-electron chi connectivity index (χ3n) is 5.52. The van der Waals surface area contributed by atoms with E-state index in [9.17, 15) is 10.1 Å². The second kappa shape index (κ2) is 6.29. The minimum absolute atomic E-state index is 0.129. The van der Waals surface area contributed by atoms with Crippen molar-refractivity contribution in [1.29, 1.82) is 5.26 Å². The molecule has 5 heteroatoms. The van der Waals surface area contributed by atoms with Crippen LogP contribution in [0.5, 0.6) is 0 Å². The molecule has 4 rings (SSSR count). The van der Waals surface area contributed by atoms with Crippen LogP contribution in [0.4, 0.5) is 0 Å². The van der Waals surface area contributed by atoms with Gasteiger partial charge in [0.2, 0.25) is 0 Å². The van der Waals surface area contributed by atoms with Gasteiger partial charge in [-0.25, -0.2) is 0 Å². The first-order valence-electron chi connectivity index (χ1n) is 8.29. The number of carbonyl (C=O) groups is 1. The predicted molar refractivity (Wildman–Crippen MR) is 82.6 cm³/mol. The first-order chi connectivity index (χ1) is 10.6. The lowest BCUT2D eigenvalue weighted by molar-refractivity contribution is -0.117. The molecular formula is C17H25N3O2. The number of hydrogen-bond donors (Lipinski definition) is 2. The molecule has 4 aliphatic rings. The molecule has 22 heavy (non-hydrogen) atoms. The van der Waals surface area contributed by atoms with Crippen LogP contribution >= 0.6 is 0 Å². The van der Waals surface area contributed by atoms with Crippen LogP contribution in [0, 0.1) is 29.1 Å². The molecule has 120 valence electrons. The number of nitriles is 1. The second-order valence-corrected chi connectivity index (χ2v) is 7.26. The van der Waals surface area contributed by atoms with Gasteiger partial charge in [0.25, 0.3) is 5.91 Å². The van der Waals surface area contributed by atoms with Crippen molar-refractivity contribution < 1.29 is 9.53 Å². The molecule has 4 bridgehead atoms. The van der Waals surface area contributed by atoms with Gasteiger partial charge in [0.15, 0.2) is 0 Å². The highest BCUT2D eigenvalue weighted by atomic mass is 16.5. The summed E-state index contributed by atoms with van der Waals surface area (Å²) < 4.78 is 4.90. The van der Waals surface area contributed by atoms with E-state index in [1.54, 1.807) is 13.3 Å². The molecule has 0 radical (unpaired) electrons. The fraction of sp³-hybridized carbons (Fsp3) is 0.765. The van der Waals surface area contributed by atoms with E-state index in [-0.39, 0.29) is 17.0 Å². The van der Waals surface area contributed by atoms with Crippen LogP contribution in [-0.2, 0) is 9.53 Å². The highest BCUT2D eigenvalue weighted by Crippen LogP contribution is 2.55. The summed E-state index contributed by atoms with van der Waals surface area (Å²) in [5.74, 6) is 2.20. The number of ether oxygens (including phenoxy) is 1. The Kier molecular flexibility index (Phi) is 4.39. The summed E-state index contributed by atoms with van der Waals surface area (Å²) in [6, 6.07) is 2.01. The highest BCUT2D eigenvalue weighted by molar-refractivity contribution is 5.97. The summed E-state index contributed by atoms with van der Waals surface area (Å²) >= 11 is 0. The number of carbonyl (C=O) groups excluding carboxylic acids is 1. The molecule has 5 nitrogen and oxygen atoms in total. The van der Waals surface area contributed by atoms with Gasteiger partial charge < -0.3 is 15.4 Å². The van der Waals surface area contributed by atoms with E-state index in [0.29, 0.717) is 13.2 Å². The van der Waals surface area contributed by atoms with Gasteiger partial charge >= 0.3 is 0 Å². The summed E-state index contributed by atoms with van der Waals surface area (Å²) in [5, 5.41) is 15.4. The maximum atomic E-state index is 12.0. The number of hydrogen-bond acceptors (Lipinski definition) is 4. The zero-order valence-corrected chi connectivity index (χ0v) is 13.2. The van der Waals surface area contributed by atoms with Crippen molar-refractivity contribution in [1.82, 2.24) is 10.6 Å². The van der Waals surface area contributed by atoms with E-state index in [2.05, 4.69) is 10.6 Å². The Labute approximate surface area is 132 Å². The maximum absolute atomic E-state index is 12.0. The first kappa shape index (κ1) is 15.4. The van der Waals surface area contributed by atoms with Crippen LogP contribution in [0.2, 0.25) is 0 Å². The molecule has 0 aromatic heterocycles. The fourth-order valence-corrected chi connectivity index (χ4v) is 5.02. The Morgan fingerprint density at radius 1 is 1.27 bits per heavy atom. The van der Waals surface area contributed by atoms with Gasteiger partial charge in [-0.2, -0.15) is 5.26 Å². The van der Waals surface area contributed by atoms with E-state index in [0.717, 1.165) is 17.8 Å². The Bertz CT molecular complexity index is 471. The van der Waals surface area contributed by atoms with Crippen LogP contribution in [-0.4, -0.2) is 31.7 Å². The highest BCUT2D eigenvalue weighted by Gasteiger charge is 2.50. The van der Waals surface area contributed by atoms with E-state index >= 15 is 0 Å². The van der Waals surface area contributed by atoms with Gasteiger partial charge in [0.1, 0.15) is 11.6 Å². The average Bonchev–Trinajstić information content (AvgIpc) is 2.46. The third-order valence-corrected chi connectivity index (χ3v) is 5.52. The van der Waals surface area contributed by atoms with Gasteiger partial charge in [-0.15, -0.1) is 0 Å². The molecule has 0 unspecified atom stereocenters. The lowest BCUT2D eigenvalue weighted by Gasteiger charge is -2.56. The van der Waals surface area contributed by atoms with E-state index in [4.69, 9.17) is 4.74 Å². The topological polar surface area (TPSA) is 74.1 Å². The summed E-state index contributed by atoms with van der Waals surface area (Å²) in [4.78, 5) is 12.0. The molecule has 0 atom stereocenters. The van der Waals surface area contributed by atoms with Crippen LogP contribution in [0.15, 0.2) is 11.8 Å². The van der Waals surface area contributed by atoms with Crippen LogP contribution < -0.4 is 10.6 Å². The molecule has 2 N–H and O–H groups in total. The lowest BCUT2D eigenvalue weighted by Crippen LogP contribution is -2.57. The summed E-state index contributed by atoms with van der Waals surface area (Å²) in [6.45, 7) is 0.874. The number of methoxy groups -OCH3 is 1. The van der Waals surface area contributed by atoms with E-state index in [1.807, 2.05) is 6.07 Å². The third kappa shape index (κ3) is 3.12. The van der Waals surface area contributed by atoms with Crippen LogP contribution in [0.3, 0.4) is 0 Å². The van der Waals surface area contributed by atoms with Gasteiger partial charge in [-0.05, 0) is 56.3 Å². The van der Waals surface area contributed by atoms with Crippen molar-refractivity contribution >= 4 is 5.91 Å². The number of nitrogens with one attached hydrogen (secondary N) is 2. The van der Waals surface area contributed by atoms with Crippen LogP contribution in [0.25, 0.3) is 0 Å². The summed E-state index contributed by atoms with van der Waals surface area (Å²) in [6.07, 6.45) is 9.38. The molecule has 4 saturated carbocycles. The molecule has 1 amide bonds. The molecule has 0 saturated heterocycles. The van der Waals surface area contributed by atoms with Gasteiger partial charge in [-0.1, -0.05) is 0 Å². The molecular weight excluding hydrogens is 278 g/mol. The smallest absolute Gasteiger partial charge is 0.263 e. The number of amides is 1. The summed E-state index contributed by atoms with van der Waals surface area (Å²) in [5.41, 5.74) is 0.288. The molecule has 4 fully saturated rings. The van der Waals surface area contributed by atoms with Crippen molar-refractivity contribution in [2.24, 2.45) is 17.8 Å². The molecule has 0 aromatic carbocycles. The van der Waals surface area contributed by atoms with E-state index in [1.165, 1.54) is 38.5 Å². The molecule has 0 heterocycles. The van der Waals surface area contributed by atoms with Crippen molar-refractivity contribution in [3.8, 4) is 6.07 Å². The van der Waals surface area contributed by atoms with E-state index < -0.39 is 0 Å². The Hall–Kier alpha value is -1.54. The second-order valence-electron chi connectivity index (χ2n) is 7.26. The molecule has 4 aliphatic carbocycles. The SMILES string of the molecule is COCCNC(=O)/C(C#N)=C\NC12CC3CC(CC(C3)C1)C2. The number of nitrogens with zero attached hydrogens (tertiary/aromatic N) is 1. The van der Waals surface area contributed by atoms with Gasteiger partial charge in [0, 0.05) is 25.4 Å². The monoisotopic (exact) mass is 303 g/mol. The summed E-state index contributed by atoms with van der Waals surface area (Å²) in [7, 11) is 1.59. The van der Waals surface area contributed by atoms with Gasteiger partial charge in [-0.3, -0.25) is 4.79 Å². The molecule has 0 aliphatic heterocycles. The zero-order chi connectivity index (χ0) is 15.6. The standard InChI is InChI=1S/C17H25N3O2/c1-22-3-2-19-16(21)15(10-18)11-20-17-7-12-4-13(8-17)6-14(5-12)9-17/h11-14,20H,2-9H2,1H3,(H,19,21)/b15-11-. The largest absolute Gasteiger partial charge is 0.384 e. The lowest BCUT2D eigenvalue weighted by atomic mass is 9.53. The minimum atomic E-state index is -0.322. The van der Waals surface area contributed by atoms with Gasteiger partial charge in [0.05, 0.1) is 6.61 Å². The number of rotatable bonds is 6. The Balaban J connectivity index is 1.62. The van der Waals surface area contributed by atoms with Crippen molar-refractivity contribution in [2.75, 3.05) is 20.3 Å². The van der Waals surface area contributed by atoms with Crippen molar-refractivity contribution in [2.45, 2.75) is 44.1 Å². The minimum Gasteiger partial charge on any atom is -0.384 e.